The Labute approximate surface area is 145 Å². The van der Waals surface area contributed by atoms with Crippen molar-refractivity contribution in [1.29, 1.82) is 0 Å². The molecule has 1 aliphatic rings. The van der Waals surface area contributed by atoms with Crippen molar-refractivity contribution in [1.82, 2.24) is 0 Å². The topological polar surface area (TPSA) is 59.0 Å². The molecule has 1 heterocycles. The Morgan fingerprint density at radius 2 is 1.92 bits per heavy atom. The molecule has 0 spiro atoms. The molecule has 2 rings (SSSR count). The summed E-state index contributed by atoms with van der Waals surface area (Å²) >= 11 is 0. The number of cyclic esters (lactones) is 1. The van der Waals surface area contributed by atoms with Gasteiger partial charge in [0.2, 0.25) is 0 Å². The fourth-order valence-electron chi connectivity index (χ4n) is 2.31. The molecule has 24 heavy (non-hydrogen) atoms. The molecular weight excluding hydrogens is 322 g/mol. The maximum atomic E-state index is 11.8. The highest BCUT2D eigenvalue weighted by atomic mass is 28.4. The van der Waals surface area contributed by atoms with Crippen molar-refractivity contribution in [2.45, 2.75) is 51.4 Å². The van der Waals surface area contributed by atoms with Crippen LogP contribution in [0.15, 0.2) is 24.3 Å². The third-order valence-electron chi connectivity index (χ3n) is 4.99. The summed E-state index contributed by atoms with van der Waals surface area (Å²) in [5.41, 5.74) is 1.98. The van der Waals surface area contributed by atoms with Crippen LogP contribution in [0, 0.1) is 0 Å². The minimum absolute atomic E-state index is 0.148. The Kier molecular flexibility index (Phi) is 5.73. The van der Waals surface area contributed by atoms with E-state index in [0.29, 0.717) is 13.2 Å². The van der Waals surface area contributed by atoms with Gasteiger partial charge in [0.25, 0.3) is 0 Å². The van der Waals surface area contributed by atoms with E-state index in [0.717, 1.165) is 12.1 Å². The summed E-state index contributed by atoms with van der Waals surface area (Å²) in [5.74, 6) is 0. The SMILES string of the molecule is CC(C)(C)[Si](C)(C)OCCc1ccc(N2C[C@H](CO)OC2=O)cc1. The monoisotopic (exact) mass is 351 g/mol. The lowest BCUT2D eigenvalue weighted by atomic mass is 10.1. The minimum Gasteiger partial charge on any atom is -0.441 e. The quantitative estimate of drug-likeness (QED) is 0.796. The molecule has 0 saturated carbocycles. The zero-order valence-corrected chi connectivity index (χ0v) is 16.3. The summed E-state index contributed by atoms with van der Waals surface area (Å²) in [6, 6.07) is 7.87. The number of rotatable bonds is 6. The molecular formula is C18H29NO4Si. The van der Waals surface area contributed by atoms with Crippen LogP contribution in [0.2, 0.25) is 18.1 Å². The highest BCUT2D eigenvalue weighted by molar-refractivity contribution is 6.74. The predicted octanol–water partition coefficient (Wildman–Crippen LogP) is 3.57. The predicted molar refractivity (Wildman–Crippen MR) is 98.0 cm³/mol. The first-order valence-electron chi connectivity index (χ1n) is 8.46. The molecule has 0 bridgehead atoms. The Balaban J connectivity index is 1.90. The normalized spacial score (nSPS) is 18.8. The number of aliphatic hydroxyl groups is 1. The number of hydrogen-bond donors (Lipinski definition) is 1. The number of amides is 1. The van der Waals surface area contributed by atoms with Crippen LogP contribution in [-0.4, -0.2) is 45.4 Å². The smallest absolute Gasteiger partial charge is 0.414 e. The van der Waals surface area contributed by atoms with Gasteiger partial charge >= 0.3 is 6.09 Å². The lowest BCUT2D eigenvalue weighted by molar-refractivity contribution is 0.0963. The van der Waals surface area contributed by atoms with Crippen LogP contribution in [0.25, 0.3) is 0 Å². The number of aliphatic hydroxyl groups excluding tert-OH is 1. The van der Waals surface area contributed by atoms with Gasteiger partial charge in [-0.15, -0.1) is 0 Å². The highest BCUT2D eigenvalue weighted by Gasteiger charge is 2.36. The zero-order valence-electron chi connectivity index (χ0n) is 15.3. The van der Waals surface area contributed by atoms with Gasteiger partial charge in [0, 0.05) is 12.3 Å². The highest BCUT2D eigenvalue weighted by Crippen LogP contribution is 2.36. The second-order valence-electron chi connectivity index (χ2n) is 7.82. The largest absolute Gasteiger partial charge is 0.441 e. The van der Waals surface area contributed by atoms with Gasteiger partial charge in [-0.25, -0.2) is 4.79 Å². The van der Waals surface area contributed by atoms with Crippen LogP contribution in [-0.2, 0) is 15.6 Å². The van der Waals surface area contributed by atoms with Gasteiger partial charge in [-0.3, -0.25) is 4.90 Å². The van der Waals surface area contributed by atoms with Crippen molar-refractivity contribution in [2.75, 3.05) is 24.7 Å². The number of hydrogen-bond acceptors (Lipinski definition) is 4. The van der Waals surface area contributed by atoms with E-state index >= 15 is 0 Å². The fourth-order valence-corrected chi connectivity index (χ4v) is 3.36. The number of anilines is 1. The molecule has 5 nitrogen and oxygen atoms in total. The average Bonchev–Trinajstić information content (AvgIpc) is 2.88. The maximum absolute atomic E-state index is 11.8. The molecule has 0 unspecified atom stereocenters. The summed E-state index contributed by atoms with van der Waals surface area (Å²) in [6.07, 6.45) is 0.0227. The number of nitrogens with zero attached hydrogens (tertiary/aromatic N) is 1. The third kappa shape index (κ3) is 4.37. The van der Waals surface area contributed by atoms with E-state index in [9.17, 15) is 4.79 Å². The van der Waals surface area contributed by atoms with Gasteiger partial charge in [0.05, 0.1) is 13.2 Å². The number of benzene rings is 1. The van der Waals surface area contributed by atoms with E-state index in [1.54, 1.807) is 4.90 Å². The van der Waals surface area contributed by atoms with E-state index in [1.165, 1.54) is 5.56 Å². The van der Waals surface area contributed by atoms with Crippen molar-refractivity contribution in [3.8, 4) is 0 Å². The standard InChI is InChI=1S/C18H29NO4Si/c1-18(2,3)24(4,5)22-11-10-14-6-8-15(9-7-14)19-12-16(13-20)23-17(19)21/h6-9,16,20H,10-13H2,1-5H3/t16-/m1/s1. The molecule has 1 amide bonds. The van der Waals surface area contributed by atoms with Crippen molar-refractivity contribution in [3.05, 3.63) is 29.8 Å². The first-order valence-corrected chi connectivity index (χ1v) is 11.4. The van der Waals surface area contributed by atoms with Crippen LogP contribution in [0.4, 0.5) is 10.5 Å². The molecule has 0 aromatic heterocycles. The fraction of sp³-hybridized carbons (Fsp3) is 0.611. The first kappa shape index (κ1) is 19.0. The molecule has 1 aliphatic heterocycles. The average molecular weight is 352 g/mol. The summed E-state index contributed by atoms with van der Waals surface area (Å²) in [4.78, 5) is 13.3. The van der Waals surface area contributed by atoms with Crippen molar-refractivity contribution in [2.24, 2.45) is 0 Å². The summed E-state index contributed by atoms with van der Waals surface area (Å²) in [7, 11) is -1.71. The van der Waals surface area contributed by atoms with E-state index in [1.807, 2.05) is 24.3 Å². The van der Waals surface area contributed by atoms with Crippen molar-refractivity contribution < 1.29 is 19.1 Å². The van der Waals surface area contributed by atoms with E-state index < -0.39 is 20.5 Å². The van der Waals surface area contributed by atoms with Gasteiger partial charge in [-0.05, 0) is 42.2 Å². The third-order valence-corrected chi connectivity index (χ3v) is 9.52. The molecule has 1 saturated heterocycles. The van der Waals surface area contributed by atoms with Crippen molar-refractivity contribution in [3.63, 3.8) is 0 Å². The van der Waals surface area contributed by atoms with E-state index in [-0.39, 0.29) is 11.6 Å². The summed E-state index contributed by atoms with van der Waals surface area (Å²) < 4.78 is 11.3. The molecule has 1 N–H and O–H groups in total. The molecule has 1 aromatic rings. The number of carbonyl (C=O) groups excluding carboxylic acids is 1. The Hall–Kier alpha value is -1.37. The van der Waals surface area contributed by atoms with Crippen LogP contribution >= 0.6 is 0 Å². The van der Waals surface area contributed by atoms with Gasteiger partial charge < -0.3 is 14.3 Å². The van der Waals surface area contributed by atoms with E-state index in [4.69, 9.17) is 14.3 Å². The molecule has 1 aromatic carbocycles. The second kappa shape index (κ2) is 7.25. The van der Waals surface area contributed by atoms with Gasteiger partial charge in [-0.2, -0.15) is 0 Å². The summed E-state index contributed by atoms with van der Waals surface area (Å²) in [5, 5.41) is 9.32. The second-order valence-corrected chi connectivity index (χ2v) is 12.6. The van der Waals surface area contributed by atoms with Gasteiger partial charge in [0.15, 0.2) is 8.32 Å². The van der Waals surface area contributed by atoms with Crippen LogP contribution in [0.3, 0.4) is 0 Å². The first-order chi connectivity index (χ1) is 11.1. The Morgan fingerprint density at radius 3 is 2.42 bits per heavy atom. The molecule has 134 valence electrons. The van der Waals surface area contributed by atoms with E-state index in [2.05, 4.69) is 33.9 Å². The van der Waals surface area contributed by atoms with Crippen LogP contribution in [0.5, 0.6) is 0 Å². The lowest BCUT2D eigenvalue weighted by Crippen LogP contribution is -2.41. The molecule has 1 fully saturated rings. The molecule has 1 atom stereocenters. The van der Waals surface area contributed by atoms with Crippen LogP contribution < -0.4 is 4.90 Å². The molecule has 0 radical (unpaired) electrons. The lowest BCUT2D eigenvalue weighted by Gasteiger charge is -2.36. The van der Waals surface area contributed by atoms with Gasteiger partial charge in [-0.1, -0.05) is 32.9 Å². The maximum Gasteiger partial charge on any atom is 0.414 e. The zero-order chi connectivity index (χ0) is 18.0. The number of carbonyl (C=O) groups is 1. The number of ether oxygens (including phenoxy) is 1. The summed E-state index contributed by atoms with van der Waals surface area (Å²) in [6.45, 7) is 12.2. The van der Waals surface area contributed by atoms with Gasteiger partial charge in [0.1, 0.15) is 6.10 Å². The molecule has 6 heteroatoms. The Bertz CT molecular complexity index is 565. The minimum atomic E-state index is -1.71. The van der Waals surface area contributed by atoms with Crippen molar-refractivity contribution >= 4 is 20.1 Å². The molecule has 0 aliphatic carbocycles. The Morgan fingerprint density at radius 1 is 1.29 bits per heavy atom. The van der Waals surface area contributed by atoms with Crippen LogP contribution in [0.1, 0.15) is 26.3 Å².